The molecule has 5 rings (SSSR count). The molecule has 0 saturated carbocycles. The minimum Gasteiger partial charge on any atom is -0.457 e. The van der Waals surface area contributed by atoms with Gasteiger partial charge < -0.3 is 29.0 Å². The van der Waals surface area contributed by atoms with E-state index >= 15 is 0 Å². The third kappa shape index (κ3) is 4.98. The van der Waals surface area contributed by atoms with Crippen LogP contribution in [0.15, 0.2) is 29.1 Å². The summed E-state index contributed by atoms with van der Waals surface area (Å²) < 4.78 is 56.4. The number of aryl methyl sites for hydroxylation is 1. The van der Waals surface area contributed by atoms with Crippen LogP contribution in [0.25, 0.3) is 22.3 Å². The highest BCUT2D eigenvalue weighted by atomic mass is 19.4. The van der Waals surface area contributed by atoms with Crippen LogP contribution in [0.4, 0.5) is 18.0 Å². The van der Waals surface area contributed by atoms with Crippen LogP contribution in [0, 0.1) is 0 Å². The molecule has 2 aromatic heterocycles. The molecule has 1 atom stereocenters. The number of nitrogens with one attached hydrogen (secondary N) is 1. The van der Waals surface area contributed by atoms with Gasteiger partial charge in [-0.25, -0.2) is 19.4 Å². The number of carbonyl (C=O) groups is 3. The number of cyclic esters (lactones) is 1. The standard InChI is InChI=1S/C29H29F3N4O7/c1-5-16-17-11-15(42-27(40)35(4)10-9-33-3)7-8-21(17)34-23-18(16)13-36-22(23)12-20-19(24(36)37)14-41-25(38)28(20,6-2)43-26(39)29(30,31)32/h7-8,11-12,33H,5-6,9-10,13-14H2,1-4H3/t28-/m0/s1. The minimum atomic E-state index is -5.37. The van der Waals surface area contributed by atoms with Gasteiger partial charge in [-0.15, -0.1) is 0 Å². The molecule has 1 N–H and O–H groups in total. The topological polar surface area (TPSA) is 129 Å². The number of halogens is 3. The van der Waals surface area contributed by atoms with E-state index in [4.69, 9.17) is 19.2 Å². The maximum Gasteiger partial charge on any atom is 0.490 e. The summed E-state index contributed by atoms with van der Waals surface area (Å²) in [4.78, 5) is 57.2. The Bertz CT molecular complexity index is 1720. The van der Waals surface area contributed by atoms with E-state index in [-0.39, 0.29) is 23.4 Å². The van der Waals surface area contributed by atoms with Crippen LogP contribution in [0.3, 0.4) is 0 Å². The van der Waals surface area contributed by atoms with E-state index in [1.807, 2.05) is 6.92 Å². The van der Waals surface area contributed by atoms with E-state index in [9.17, 15) is 32.3 Å². The van der Waals surface area contributed by atoms with E-state index in [2.05, 4.69) is 5.32 Å². The molecule has 1 amide bonds. The van der Waals surface area contributed by atoms with E-state index in [1.165, 1.54) is 22.5 Å². The van der Waals surface area contributed by atoms with Gasteiger partial charge in [-0.3, -0.25) is 4.79 Å². The molecule has 14 heteroatoms. The molecule has 0 radical (unpaired) electrons. The number of benzene rings is 1. The lowest BCUT2D eigenvalue weighted by molar-refractivity contribution is -0.223. The van der Waals surface area contributed by atoms with Gasteiger partial charge in [0.05, 0.1) is 29.0 Å². The Kier molecular flexibility index (Phi) is 7.67. The van der Waals surface area contributed by atoms with Gasteiger partial charge in [-0.1, -0.05) is 13.8 Å². The normalized spacial score (nSPS) is 17.1. The van der Waals surface area contributed by atoms with Crippen molar-refractivity contribution in [3.63, 3.8) is 0 Å². The molecule has 11 nitrogen and oxygen atoms in total. The third-order valence-electron chi connectivity index (χ3n) is 7.81. The first-order chi connectivity index (χ1) is 20.4. The number of hydrogen-bond donors (Lipinski definition) is 1. The summed E-state index contributed by atoms with van der Waals surface area (Å²) in [5.74, 6) is -3.45. The molecular weight excluding hydrogens is 573 g/mol. The van der Waals surface area contributed by atoms with Gasteiger partial charge in [0.25, 0.3) is 5.56 Å². The largest absolute Gasteiger partial charge is 0.490 e. The van der Waals surface area contributed by atoms with Gasteiger partial charge >= 0.3 is 24.2 Å². The molecular formula is C29H29F3N4O7. The van der Waals surface area contributed by atoms with E-state index in [0.29, 0.717) is 47.4 Å². The monoisotopic (exact) mass is 602 g/mol. The van der Waals surface area contributed by atoms with Gasteiger partial charge in [0.15, 0.2) is 0 Å². The number of esters is 2. The Labute approximate surface area is 243 Å². The van der Waals surface area contributed by atoms with Crippen molar-refractivity contribution in [2.75, 3.05) is 27.2 Å². The summed E-state index contributed by atoms with van der Waals surface area (Å²) >= 11 is 0. The second-order valence-corrected chi connectivity index (χ2v) is 10.3. The fourth-order valence-electron chi connectivity index (χ4n) is 5.53. The highest BCUT2D eigenvalue weighted by Gasteiger charge is 2.54. The van der Waals surface area contributed by atoms with Crippen molar-refractivity contribution in [1.82, 2.24) is 19.8 Å². The fourth-order valence-corrected chi connectivity index (χ4v) is 5.53. The van der Waals surface area contributed by atoms with Crippen LogP contribution in [0.1, 0.15) is 42.5 Å². The van der Waals surface area contributed by atoms with Crippen LogP contribution in [-0.2, 0) is 44.2 Å². The Morgan fingerprint density at radius 2 is 1.93 bits per heavy atom. The van der Waals surface area contributed by atoms with E-state index in [1.54, 1.807) is 32.3 Å². The third-order valence-corrected chi connectivity index (χ3v) is 7.81. The summed E-state index contributed by atoms with van der Waals surface area (Å²) in [6.45, 7) is 3.94. The zero-order chi connectivity index (χ0) is 31.3. The number of likely N-dealkylation sites (N-methyl/N-ethyl adjacent to an activating group) is 2. The predicted molar refractivity (Wildman–Crippen MR) is 146 cm³/mol. The summed E-state index contributed by atoms with van der Waals surface area (Å²) in [6, 6.07) is 6.36. The average molecular weight is 603 g/mol. The van der Waals surface area contributed by atoms with Crippen LogP contribution in [0.2, 0.25) is 0 Å². The molecule has 2 aliphatic rings. The number of aromatic nitrogens is 2. The highest BCUT2D eigenvalue weighted by molar-refractivity contribution is 5.91. The van der Waals surface area contributed by atoms with Crippen molar-refractivity contribution in [2.45, 2.75) is 51.6 Å². The maximum atomic E-state index is 13.7. The van der Waals surface area contributed by atoms with Crippen LogP contribution in [0.5, 0.6) is 5.75 Å². The number of amides is 1. The zero-order valence-electron chi connectivity index (χ0n) is 23.9. The Balaban J connectivity index is 1.61. The zero-order valence-corrected chi connectivity index (χ0v) is 23.9. The Morgan fingerprint density at radius 1 is 1.19 bits per heavy atom. The molecule has 3 aromatic rings. The van der Waals surface area contributed by atoms with Crippen LogP contribution >= 0.6 is 0 Å². The van der Waals surface area contributed by atoms with Crippen molar-refractivity contribution < 1.29 is 41.8 Å². The second-order valence-electron chi connectivity index (χ2n) is 10.3. The van der Waals surface area contributed by atoms with E-state index in [0.717, 1.165) is 5.56 Å². The quantitative estimate of drug-likeness (QED) is 0.317. The second kappa shape index (κ2) is 11.0. The number of ether oxygens (including phenoxy) is 3. The molecule has 1 aromatic carbocycles. The van der Waals surface area contributed by atoms with Gasteiger partial charge in [0.1, 0.15) is 12.4 Å². The van der Waals surface area contributed by atoms with Gasteiger partial charge in [0, 0.05) is 36.7 Å². The molecule has 0 aliphatic carbocycles. The molecule has 0 saturated heterocycles. The van der Waals surface area contributed by atoms with Gasteiger partial charge in [-0.2, -0.15) is 13.2 Å². The minimum absolute atomic E-state index is 0.0767. The first kappa shape index (κ1) is 30.0. The smallest absolute Gasteiger partial charge is 0.457 e. The van der Waals surface area contributed by atoms with Gasteiger partial charge in [-0.05, 0) is 49.7 Å². The summed E-state index contributed by atoms with van der Waals surface area (Å²) in [5.41, 5.74) is -0.539. The summed E-state index contributed by atoms with van der Waals surface area (Å²) in [6.07, 6.45) is -5.78. The molecule has 228 valence electrons. The number of rotatable bonds is 7. The molecule has 0 unspecified atom stereocenters. The molecule has 4 heterocycles. The highest BCUT2D eigenvalue weighted by Crippen LogP contribution is 2.43. The van der Waals surface area contributed by atoms with Crippen molar-refractivity contribution in [3.8, 4) is 17.1 Å². The predicted octanol–water partition coefficient (Wildman–Crippen LogP) is 3.41. The summed E-state index contributed by atoms with van der Waals surface area (Å²) in [7, 11) is 3.40. The molecule has 43 heavy (non-hydrogen) atoms. The van der Waals surface area contributed by atoms with Crippen molar-refractivity contribution in [1.29, 1.82) is 0 Å². The van der Waals surface area contributed by atoms with Crippen molar-refractivity contribution in [3.05, 3.63) is 56.9 Å². The first-order valence-electron chi connectivity index (χ1n) is 13.6. The number of alkyl halides is 3. The molecule has 0 spiro atoms. The number of carbonyl (C=O) groups excluding carboxylic acids is 3. The number of fused-ring (bicyclic) bond motifs is 5. The molecule has 0 bridgehead atoms. The summed E-state index contributed by atoms with van der Waals surface area (Å²) in [5, 5.41) is 3.67. The van der Waals surface area contributed by atoms with Gasteiger partial charge in [0.2, 0.25) is 5.60 Å². The first-order valence-corrected chi connectivity index (χ1v) is 13.6. The van der Waals surface area contributed by atoms with Crippen LogP contribution < -0.4 is 15.6 Å². The number of hydrogen-bond acceptors (Lipinski definition) is 9. The number of pyridine rings is 2. The number of nitrogens with zero attached hydrogens (tertiary/aromatic N) is 3. The molecule has 0 fully saturated rings. The Morgan fingerprint density at radius 3 is 2.58 bits per heavy atom. The fraction of sp³-hybridized carbons (Fsp3) is 0.414. The lowest BCUT2D eigenvalue weighted by atomic mass is 9.85. The van der Waals surface area contributed by atoms with Crippen molar-refractivity contribution in [2.24, 2.45) is 0 Å². The lowest BCUT2D eigenvalue weighted by Gasteiger charge is -2.35. The average Bonchev–Trinajstić information content (AvgIpc) is 3.34. The van der Waals surface area contributed by atoms with Crippen molar-refractivity contribution >= 4 is 28.9 Å². The van der Waals surface area contributed by atoms with Crippen LogP contribution in [-0.4, -0.2) is 65.8 Å². The maximum absolute atomic E-state index is 13.7. The molecule has 2 aliphatic heterocycles. The van der Waals surface area contributed by atoms with E-state index < -0.39 is 48.4 Å². The lowest BCUT2D eigenvalue weighted by Crippen LogP contribution is -2.49. The SMILES string of the molecule is CCc1c2c(nc3ccc(OC(=O)N(C)CCNC)cc13)-c1cc3c(c(=O)n1C2)COC(=O)[C@@]3(CC)OC(=O)C(F)(F)F. The Hall–Kier alpha value is -4.46.